The van der Waals surface area contributed by atoms with Gasteiger partial charge in [-0.15, -0.1) is 0 Å². The number of halogens is 1. The standard InChI is InChI=1S/C18H19ClN2O2/c1-23-17-7-6-15(10-16(17)19)20-18(22)12-21-9-8-13-4-2-3-5-14(13)11-21/h2-7,10H,8-9,11-12H2,1H3,(H,20,22)/p+1. The van der Waals surface area contributed by atoms with Crippen LogP contribution in [0.3, 0.4) is 0 Å². The summed E-state index contributed by atoms with van der Waals surface area (Å²) in [6, 6.07) is 13.7. The summed E-state index contributed by atoms with van der Waals surface area (Å²) in [5, 5.41) is 3.40. The molecule has 23 heavy (non-hydrogen) atoms. The number of amides is 1. The van der Waals surface area contributed by atoms with Gasteiger partial charge in [0.05, 0.1) is 18.7 Å². The number of rotatable bonds is 4. The highest BCUT2D eigenvalue weighted by molar-refractivity contribution is 6.32. The number of nitrogens with one attached hydrogen (secondary N) is 2. The largest absolute Gasteiger partial charge is 0.495 e. The first-order valence-corrected chi connectivity index (χ1v) is 8.07. The molecule has 0 bridgehead atoms. The van der Waals surface area contributed by atoms with Crippen LogP contribution in [0.15, 0.2) is 42.5 Å². The Morgan fingerprint density at radius 1 is 1.26 bits per heavy atom. The van der Waals surface area contributed by atoms with E-state index in [1.165, 1.54) is 16.0 Å². The Morgan fingerprint density at radius 2 is 2.04 bits per heavy atom. The van der Waals surface area contributed by atoms with Gasteiger partial charge in [-0.05, 0) is 23.8 Å². The van der Waals surface area contributed by atoms with Gasteiger partial charge in [-0.25, -0.2) is 0 Å². The monoisotopic (exact) mass is 331 g/mol. The molecule has 1 aliphatic heterocycles. The molecule has 3 rings (SSSR count). The molecule has 5 heteroatoms. The average molecular weight is 332 g/mol. The van der Waals surface area contributed by atoms with Crippen molar-refractivity contribution in [3.8, 4) is 5.75 Å². The van der Waals surface area contributed by atoms with Crippen molar-refractivity contribution in [1.82, 2.24) is 0 Å². The molecule has 2 N–H and O–H groups in total. The summed E-state index contributed by atoms with van der Waals surface area (Å²) in [6.45, 7) is 2.33. The average Bonchev–Trinajstić information content (AvgIpc) is 2.55. The minimum Gasteiger partial charge on any atom is -0.495 e. The molecular weight excluding hydrogens is 312 g/mol. The van der Waals surface area contributed by atoms with Crippen LogP contribution in [0.25, 0.3) is 0 Å². The molecule has 0 aliphatic carbocycles. The summed E-state index contributed by atoms with van der Waals surface area (Å²) >= 11 is 6.08. The van der Waals surface area contributed by atoms with Gasteiger partial charge in [-0.3, -0.25) is 4.79 Å². The van der Waals surface area contributed by atoms with E-state index in [1.54, 1.807) is 25.3 Å². The number of fused-ring (bicyclic) bond motifs is 1. The van der Waals surface area contributed by atoms with Gasteiger partial charge in [0.2, 0.25) is 0 Å². The van der Waals surface area contributed by atoms with Crippen molar-refractivity contribution in [2.75, 3.05) is 25.5 Å². The van der Waals surface area contributed by atoms with E-state index in [-0.39, 0.29) is 5.91 Å². The minimum atomic E-state index is 0.000569. The summed E-state index contributed by atoms with van der Waals surface area (Å²) in [4.78, 5) is 13.5. The number of benzene rings is 2. The third-order valence-corrected chi connectivity index (χ3v) is 4.45. The summed E-state index contributed by atoms with van der Waals surface area (Å²) < 4.78 is 5.11. The van der Waals surface area contributed by atoms with Crippen molar-refractivity contribution < 1.29 is 14.4 Å². The zero-order valence-corrected chi connectivity index (χ0v) is 13.8. The number of anilines is 1. The van der Waals surface area contributed by atoms with Gasteiger partial charge >= 0.3 is 0 Å². The SMILES string of the molecule is COc1ccc(NC(=O)C[NH+]2CCc3ccccc3C2)cc1Cl. The zero-order chi connectivity index (χ0) is 16.2. The van der Waals surface area contributed by atoms with E-state index in [0.717, 1.165) is 19.5 Å². The maximum Gasteiger partial charge on any atom is 0.279 e. The molecule has 4 nitrogen and oxygen atoms in total. The molecule has 0 spiro atoms. The molecule has 2 aromatic rings. The van der Waals surface area contributed by atoms with E-state index in [4.69, 9.17) is 16.3 Å². The van der Waals surface area contributed by atoms with Gasteiger partial charge in [-0.2, -0.15) is 0 Å². The second-order valence-corrected chi connectivity index (χ2v) is 6.18. The third-order valence-electron chi connectivity index (χ3n) is 4.15. The number of carbonyl (C=O) groups excluding carboxylic acids is 1. The van der Waals surface area contributed by atoms with Crippen LogP contribution in [-0.2, 0) is 17.8 Å². The molecule has 1 amide bonds. The van der Waals surface area contributed by atoms with Crippen molar-refractivity contribution in [1.29, 1.82) is 0 Å². The zero-order valence-electron chi connectivity index (χ0n) is 13.1. The van der Waals surface area contributed by atoms with E-state index in [0.29, 0.717) is 23.0 Å². The second-order valence-electron chi connectivity index (χ2n) is 5.77. The molecule has 1 aliphatic rings. The Kier molecular flexibility index (Phi) is 4.84. The fourth-order valence-electron chi connectivity index (χ4n) is 2.97. The summed E-state index contributed by atoms with van der Waals surface area (Å²) in [7, 11) is 1.57. The van der Waals surface area contributed by atoms with E-state index in [1.807, 2.05) is 0 Å². The first-order chi connectivity index (χ1) is 11.2. The third kappa shape index (κ3) is 3.84. The molecule has 1 heterocycles. The van der Waals surface area contributed by atoms with Crippen molar-refractivity contribution in [2.24, 2.45) is 0 Å². The second kappa shape index (κ2) is 7.02. The van der Waals surface area contributed by atoms with E-state index >= 15 is 0 Å². The van der Waals surface area contributed by atoms with Crippen molar-refractivity contribution in [2.45, 2.75) is 13.0 Å². The predicted molar refractivity (Wildman–Crippen MR) is 91.2 cm³/mol. The Morgan fingerprint density at radius 3 is 2.78 bits per heavy atom. The maximum atomic E-state index is 12.3. The highest BCUT2D eigenvalue weighted by Gasteiger charge is 2.21. The van der Waals surface area contributed by atoms with Crippen LogP contribution in [0, 0.1) is 0 Å². The van der Waals surface area contributed by atoms with Gasteiger partial charge in [0.25, 0.3) is 5.91 Å². The van der Waals surface area contributed by atoms with Crippen molar-refractivity contribution in [3.05, 3.63) is 58.6 Å². The lowest BCUT2D eigenvalue weighted by atomic mass is 10.00. The highest BCUT2D eigenvalue weighted by Crippen LogP contribution is 2.27. The number of methoxy groups -OCH3 is 1. The van der Waals surface area contributed by atoms with E-state index < -0.39 is 0 Å². The summed E-state index contributed by atoms with van der Waals surface area (Å²) in [5.41, 5.74) is 3.44. The van der Waals surface area contributed by atoms with Gasteiger partial charge in [0.15, 0.2) is 6.54 Å². The normalized spacial score (nSPS) is 16.5. The molecule has 1 unspecified atom stereocenters. The van der Waals surface area contributed by atoms with Crippen LogP contribution in [0.2, 0.25) is 5.02 Å². The summed E-state index contributed by atoms with van der Waals surface area (Å²) in [5.74, 6) is 0.601. The number of carbonyl (C=O) groups is 1. The van der Waals surface area contributed by atoms with Crippen molar-refractivity contribution in [3.63, 3.8) is 0 Å². The predicted octanol–water partition coefficient (Wildman–Crippen LogP) is 1.93. The molecule has 0 fully saturated rings. The van der Waals surface area contributed by atoms with Crippen LogP contribution in [0.4, 0.5) is 5.69 Å². The van der Waals surface area contributed by atoms with Crippen LogP contribution in [0.1, 0.15) is 11.1 Å². The van der Waals surface area contributed by atoms with Gasteiger partial charge in [-0.1, -0.05) is 35.9 Å². The first kappa shape index (κ1) is 15.8. The lowest BCUT2D eigenvalue weighted by Crippen LogP contribution is -3.12. The Balaban J connectivity index is 1.59. The Bertz CT molecular complexity index is 718. The number of quaternary nitrogens is 1. The fraction of sp³-hybridized carbons (Fsp3) is 0.278. The van der Waals surface area contributed by atoms with Crippen LogP contribution in [-0.4, -0.2) is 26.1 Å². The van der Waals surface area contributed by atoms with Crippen LogP contribution >= 0.6 is 11.6 Å². The Hall–Kier alpha value is -2.04. The van der Waals surface area contributed by atoms with Crippen molar-refractivity contribution >= 4 is 23.2 Å². The Labute approximate surface area is 141 Å². The van der Waals surface area contributed by atoms with E-state index in [2.05, 4.69) is 29.6 Å². The maximum absolute atomic E-state index is 12.3. The highest BCUT2D eigenvalue weighted by atomic mass is 35.5. The quantitative estimate of drug-likeness (QED) is 0.899. The first-order valence-electron chi connectivity index (χ1n) is 7.69. The van der Waals surface area contributed by atoms with Gasteiger partial charge < -0.3 is 15.0 Å². The molecule has 0 radical (unpaired) electrons. The lowest BCUT2D eigenvalue weighted by molar-refractivity contribution is -0.907. The lowest BCUT2D eigenvalue weighted by Gasteiger charge is -2.25. The smallest absolute Gasteiger partial charge is 0.279 e. The molecule has 2 aromatic carbocycles. The fourth-order valence-corrected chi connectivity index (χ4v) is 3.23. The number of hydrogen-bond donors (Lipinski definition) is 2. The topological polar surface area (TPSA) is 42.8 Å². The molecule has 1 atom stereocenters. The van der Waals surface area contributed by atoms with Gasteiger partial charge in [0.1, 0.15) is 12.3 Å². The van der Waals surface area contributed by atoms with Crippen LogP contribution < -0.4 is 15.0 Å². The molecule has 0 saturated heterocycles. The minimum absolute atomic E-state index is 0.000569. The number of ether oxygens (including phenoxy) is 1. The molecule has 0 aromatic heterocycles. The number of hydrogen-bond acceptors (Lipinski definition) is 2. The summed E-state index contributed by atoms with van der Waals surface area (Å²) in [6.07, 6.45) is 1.02. The van der Waals surface area contributed by atoms with Gasteiger partial charge in [0, 0.05) is 17.7 Å². The molecule has 0 saturated carbocycles. The molecular formula is C18H20ClN2O2+. The van der Waals surface area contributed by atoms with Crippen LogP contribution in [0.5, 0.6) is 5.75 Å². The molecule has 120 valence electrons. The van der Waals surface area contributed by atoms with E-state index in [9.17, 15) is 4.79 Å².